The first-order valence-electron chi connectivity index (χ1n) is 6.25. The van der Waals surface area contributed by atoms with E-state index in [2.05, 4.69) is 25.3 Å². The fourth-order valence-corrected chi connectivity index (χ4v) is 2.48. The van der Waals surface area contributed by atoms with Crippen molar-refractivity contribution in [1.29, 1.82) is 0 Å². The van der Waals surface area contributed by atoms with Gasteiger partial charge >= 0.3 is 37.2 Å². The number of hydrogen-bond acceptors (Lipinski definition) is 8. The van der Waals surface area contributed by atoms with Crippen LogP contribution < -0.4 is 16.2 Å². The molecule has 0 bridgehead atoms. The molecule has 0 aliphatic carbocycles. The van der Waals surface area contributed by atoms with E-state index in [1.54, 1.807) is 0 Å². The van der Waals surface area contributed by atoms with Gasteiger partial charge in [0.15, 0.2) is 11.3 Å². The van der Waals surface area contributed by atoms with E-state index in [1.807, 2.05) is 0 Å². The molecule has 0 spiro atoms. The van der Waals surface area contributed by atoms with E-state index in [0.717, 1.165) is 0 Å². The van der Waals surface area contributed by atoms with Gasteiger partial charge in [0, 0.05) is 6.42 Å². The molecule has 10 nitrogen and oxygen atoms in total. The maximum atomic E-state index is 10.8. The van der Waals surface area contributed by atoms with Crippen molar-refractivity contribution in [3.8, 4) is 0 Å². The van der Waals surface area contributed by atoms with Crippen molar-refractivity contribution in [2.45, 2.75) is 18.8 Å². The average molecular weight is 339 g/mol. The predicted molar refractivity (Wildman–Crippen MR) is 76.1 cm³/mol. The summed E-state index contributed by atoms with van der Waals surface area (Å²) in [6.07, 6.45) is 0.511. The van der Waals surface area contributed by atoms with Crippen LogP contribution in [0.2, 0.25) is 0 Å². The van der Waals surface area contributed by atoms with Crippen molar-refractivity contribution in [3.63, 3.8) is 0 Å². The summed E-state index contributed by atoms with van der Waals surface area (Å²) in [5, 5.41) is 3.67. The third-order valence-corrected chi connectivity index (χ3v) is 3.47. The molecule has 1 aromatic heterocycles. The number of nitrogens with zero attached hydrogens (tertiary/aromatic N) is 4. The second kappa shape index (κ2) is 7.41. The molecule has 3 rings (SSSR count). The van der Waals surface area contributed by atoms with E-state index in [0.29, 0.717) is 29.8 Å². The first-order valence-corrected chi connectivity index (χ1v) is 8.05. The van der Waals surface area contributed by atoms with Gasteiger partial charge < -0.3 is 24.6 Å². The molecule has 3 N–H and O–H groups in total. The molecule has 2 aliphatic rings. The molecule has 1 fully saturated rings. The molecule has 0 amide bonds. The quantitative estimate of drug-likeness (QED) is 0.403. The number of fused-ring (bicyclic) bond motifs is 1. The third-order valence-electron chi connectivity index (χ3n) is 2.99. The van der Waals surface area contributed by atoms with Crippen molar-refractivity contribution in [1.82, 2.24) is 9.97 Å². The molecule has 0 radical (unpaired) electrons. The van der Waals surface area contributed by atoms with E-state index in [4.69, 9.17) is 19.3 Å². The molecular weight excluding hydrogens is 324 g/mol. The van der Waals surface area contributed by atoms with Crippen LogP contribution in [0.3, 0.4) is 0 Å². The maximum absolute atomic E-state index is 10.8. The van der Waals surface area contributed by atoms with E-state index < -0.39 is 13.9 Å². The number of aromatic nitrogens is 2. The van der Waals surface area contributed by atoms with E-state index in [9.17, 15) is 4.57 Å². The van der Waals surface area contributed by atoms with Crippen LogP contribution in [-0.2, 0) is 14.0 Å². The Labute approximate surface area is 147 Å². The summed E-state index contributed by atoms with van der Waals surface area (Å²) in [7, 11) is -4.16. The topological polar surface area (TPSA) is 139 Å². The zero-order valence-electron chi connectivity index (χ0n) is 10.9. The molecular formula is C10H15N5NaO5P. The Hall–Kier alpha value is -0.450. The average Bonchev–Trinajstić information content (AvgIpc) is 3.04. The molecule has 12 heteroatoms. The van der Waals surface area contributed by atoms with Crippen LogP contribution >= 0.6 is 7.60 Å². The molecule has 116 valence electrons. The van der Waals surface area contributed by atoms with Gasteiger partial charge in [-0.25, -0.2) is 15.0 Å². The van der Waals surface area contributed by atoms with Gasteiger partial charge in [0.25, 0.3) is 0 Å². The van der Waals surface area contributed by atoms with Gasteiger partial charge in [0.2, 0.25) is 0 Å². The van der Waals surface area contributed by atoms with Gasteiger partial charge in [0.05, 0.1) is 12.7 Å². The monoisotopic (exact) mass is 339 g/mol. The van der Waals surface area contributed by atoms with E-state index in [-0.39, 0.29) is 48.5 Å². The van der Waals surface area contributed by atoms with Crippen molar-refractivity contribution >= 4 is 43.0 Å². The second-order valence-electron chi connectivity index (χ2n) is 4.64. The molecule has 1 aromatic rings. The third kappa shape index (κ3) is 4.53. The number of ether oxygens (including phenoxy) is 2. The van der Waals surface area contributed by atoms with Crippen LogP contribution in [0.1, 0.15) is 6.42 Å². The standard InChI is InChI=1S/C10H14N5O5P.Na.H/c16-21(17,18)5-20-6-1-7(19-2-6)15-10-8-9(12-3-11-8)13-4-14-10;;/h4,6-7H,1-3,5H2,(H2,16,17,18)(H,12,13,14,15);;/t6-,7-;;/m1../s1. The zero-order valence-corrected chi connectivity index (χ0v) is 11.8. The summed E-state index contributed by atoms with van der Waals surface area (Å²) in [5.41, 5.74) is 0.541. The van der Waals surface area contributed by atoms with Crippen LogP contribution in [-0.4, -0.2) is 81.3 Å². The SMILES string of the molecule is O=P(O)(O)CO[C@H]1CO[C@@H](Nc2ncnc3c2=NCN=3)C1.[NaH]. The Balaban J connectivity index is 0.00000176. The summed E-state index contributed by atoms with van der Waals surface area (Å²) in [4.78, 5) is 33.9. The summed E-state index contributed by atoms with van der Waals surface area (Å²) < 4.78 is 21.4. The number of hydrogen-bond donors (Lipinski definition) is 3. The van der Waals surface area contributed by atoms with Crippen molar-refractivity contribution in [3.05, 3.63) is 17.2 Å². The molecule has 1 saturated heterocycles. The van der Waals surface area contributed by atoms with Gasteiger partial charge in [0.1, 0.15) is 30.9 Å². The van der Waals surface area contributed by atoms with Crippen LogP contribution in [0, 0.1) is 0 Å². The van der Waals surface area contributed by atoms with Gasteiger partial charge in [-0.1, -0.05) is 0 Å². The first kappa shape index (κ1) is 17.9. The van der Waals surface area contributed by atoms with Gasteiger partial charge in [-0.3, -0.25) is 9.56 Å². The predicted octanol–water partition coefficient (Wildman–Crippen LogP) is -2.28. The Morgan fingerprint density at radius 2 is 2.23 bits per heavy atom. The fourth-order valence-electron chi connectivity index (χ4n) is 2.08. The minimum atomic E-state index is -4.16. The van der Waals surface area contributed by atoms with E-state index >= 15 is 0 Å². The van der Waals surface area contributed by atoms with Crippen LogP contribution in [0.15, 0.2) is 16.3 Å². The van der Waals surface area contributed by atoms with Crippen LogP contribution in [0.5, 0.6) is 0 Å². The van der Waals surface area contributed by atoms with Crippen LogP contribution in [0.25, 0.3) is 0 Å². The molecule has 3 heterocycles. The normalized spacial score (nSPS) is 23.2. The Morgan fingerprint density at radius 1 is 1.41 bits per heavy atom. The van der Waals surface area contributed by atoms with Gasteiger partial charge in [-0.2, -0.15) is 0 Å². The molecule has 0 aromatic carbocycles. The zero-order chi connectivity index (χ0) is 14.9. The van der Waals surface area contributed by atoms with Crippen molar-refractivity contribution in [2.75, 3.05) is 24.9 Å². The Bertz CT molecular complexity index is 697. The molecule has 0 saturated carbocycles. The fraction of sp³-hybridized carbons (Fsp3) is 0.600. The van der Waals surface area contributed by atoms with Gasteiger partial charge in [-0.05, 0) is 0 Å². The summed E-state index contributed by atoms with van der Waals surface area (Å²) in [6, 6.07) is 0. The van der Waals surface area contributed by atoms with Gasteiger partial charge in [-0.15, -0.1) is 0 Å². The number of rotatable bonds is 5. The van der Waals surface area contributed by atoms with Crippen LogP contribution in [0.4, 0.5) is 5.82 Å². The number of anilines is 1. The first-order chi connectivity index (χ1) is 10.0. The summed E-state index contributed by atoms with van der Waals surface area (Å²) in [5.74, 6) is 0.530. The molecule has 2 aliphatic heterocycles. The molecule has 0 unspecified atom stereocenters. The Kier molecular flexibility index (Phi) is 6.03. The number of nitrogens with one attached hydrogen (secondary N) is 1. The minimum absolute atomic E-state index is 0. The summed E-state index contributed by atoms with van der Waals surface area (Å²) >= 11 is 0. The van der Waals surface area contributed by atoms with Crippen molar-refractivity contribution in [2.24, 2.45) is 9.98 Å². The molecule has 22 heavy (non-hydrogen) atoms. The Morgan fingerprint density at radius 3 is 3.00 bits per heavy atom. The summed E-state index contributed by atoms with van der Waals surface area (Å²) in [6.45, 7) is 0.592. The van der Waals surface area contributed by atoms with Crippen molar-refractivity contribution < 1.29 is 23.8 Å². The molecule has 2 atom stereocenters. The second-order valence-corrected chi connectivity index (χ2v) is 6.22. The van der Waals surface area contributed by atoms with E-state index in [1.165, 1.54) is 6.33 Å².